The number of ether oxygens (including phenoxy) is 1. The quantitative estimate of drug-likeness (QED) is 0.294. The van der Waals surface area contributed by atoms with Crippen molar-refractivity contribution in [2.45, 2.75) is 11.5 Å². The molecule has 0 aromatic heterocycles. The second-order valence-electron chi connectivity index (χ2n) is 7.69. The molecular formula is C27H21N3O4S. The third kappa shape index (κ3) is 5.92. The average molecular weight is 484 g/mol. The second-order valence-corrected chi connectivity index (χ2v) is 9.25. The molecule has 7 nitrogen and oxygen atoms in total. The number of carbonyl (C=O) groups is 1. The summed E-state index contributed by atoms with van der Waals surface area (Å²) in [6.45, 7) is 0.370. The van der Waals surface area contributed by atoms with Crippen molar-refractivity contribution in [1.29, 1.82) is 5.26 Å². The molecule has 0 atom stereocenters. The average Bonchev–Trinajstić information content (AvgIpc) is 2.86. The third-order valence-electron chi connectivity index (χ3n) is 5.25. The van der Waals surface area contributed by atoms with Crippen molar-refractivity contribution in [2.75, 3.05) is 5.32 Å². The summed E-state index contributed by atoms with van der Waals surface area (Å²) in [5, 5.41) is 19.4. The van der Waals surface area contributed by atoms with Gasteiger partial charge in [0.15, 0.2) is 0 Å². The lowest BCUT2D eigenvalue weighted by molar-refractivity contribution is -0.112. The van der Waals surface area contributed by atoms with E-state index in [2.05, 4.69) is 5.32 Å². The van der Waals surface area contributed by atoms with Crippen LogP contribution in [0, 0.1) is 11.3 Å². The number of fused-ring (bicyclic) bond motifs is 1. The van der Waals surface area contributed by atoms with E-state index in [1.54, 1.807) is 18.2 Å². The second kappa shape index (κ2) is 10.2. The lowest BCUT2D eigenvalue weighted by Crippen LogP contribution is -2.14. The number of hydrogen-bond acceptors (Lipinski definition) is 5. The first-order valence-corrected chi connectivity index (χ1v) is 12.1. The monoisotopic (exact) mass is 483 g/mol. The Morgan fingerprint density at radius 2 is 1.69 bits per heavy atom. The summed E-state index contributed by atoms with van der Waals surface area (Å²) in [7, 11) is -3.84. The Kier molecular flexibility index (Phi) is 6.92. The van der Waals surface area contributed by atoms with Gasteiger partial charge in [0, 0.05) is 5.69 Å². The van der Waals surface area contributed by atoms with E-state index < -0.39 is 15.9 Å². The number of sulfonamides is 1. The molecule has 0 bridgehead atoms. The Morgan fingerprint density at radius 1 is 0.971 bits per heavy atom. The maximum atomic E-state index is 12.6. The minimum Gasteiger partial charge on any atom is -0.489 e. The highest BCUT2D eigenvalue weighted by Gasteiger charge is 2.12. The zero-order valence-corrected chi connectivity index (χ0v) is 19.3. The van der Waals surface area contributed by atoms with Gasteiger partial charge in [-0.25, -0.2) is 13.6 Å². The molecule has 35 heavy (non-hydrogen) atoms. The molecule has 1 amide bonds. The number of benzene rings is 4. The van der Waals surface area contributed by atoms with E-state index in [4.69, 9.17) is 9.88 Å². The Labute approximate surface area is 203 Å². The highest BCUT2D eigenvalue weighted by molar-refractivity contribution is 7.89. The third-order valence-corrected chi connectivity index (χ3v) is 6.18. The minimum atomic E-state index is -3.84. The molecule has 4 rings (SSSR count). The molecule has 0 fully saturated rings. The van der Waals surface area contributed by atoms with E-state index in [-0.39, 0.29) is 10.5 Å². The normalized spacial score (nSPS) is 11.6. The molecule has 0 saturated carbocycles. The smallest absolute Gasteiger partial charge is 0.266 e. The van der Waals surface area contributed by atoms with E-state index in [0.29, 0.717) is 23.6 Å². The minimum absolute atomic E-state index is 0.0770. The maximum Gasteiger partial charge on any atom is 0.266 e. The number of nitrogens with one attached hydrogen (secondary N) is 1. The number of nitrogens with two attached hydrogens (primary N) is 1. The number of nitriles is 1. The van der Waals surface area contributed by atoms with Crippen LogP contribution < -0.4 is 15.2 Å². The lowest BCUT2D eigenvalue weighted by atomic mass is 10.1. The van der Waals surface area contributed by atoms with Crippen LogP contribution >= 0.6 is 0 Å². The van der Waals surface area contributed by atoms with Gasteiger partial charge in [0.05, 0.1) is 4.90 Å². The van der Waals surface area contributed by atoms with E-state index in [9.17, 15) is 18.5 Å². The fourth-order valence-corrected chi connectivity index (χ4v) is 4.03. The van der Waals surface area contributed by atoms with Gasteiger partial charge in [-0.3, -0.25) is 4.79 Å². The number of anilines is 1. The SMILES string of the molecule is N#CC(=Cc1cccc(OCc2cccc3ccccc23)c1)C(=O)Nc1ccc(S(N)(=O)=O)cc1. The summed E-state index contributed by atoms with van der Waals surface area (Å²) in [5.74, 6) is -0.0269. The zero-order chi connectivity index (χ0) is 24.8. The molecule has 0 spiro atoms. The van der Waals surface area contributed by atoms with Gasteiger partial charge in [-0.05, 0) is 64.4 Å². The fraction of sp³-hybridized carbons (Fsp3) is 0.0370. The van der Waals surface area contributed by atoms with Crippen molar-refractivity contribution in [3.05, 3.63) is 108 Å². The highest BCUT2D eigenvalue weighted by Crippen LogP contribution is 2.22. The van der Waals surface area contributed by atoms with Crippen LogP contribution in [0.3, 0.4) is 0 Å². The van der Waals surface area contributed by atoms with Crippen LogP contribution in [0.15, 0.2) is 101 Å². The number of nitrogens with zero attached hydrogens (tertiary/aromatic N) is 1. The fourth-order valence-electron chi connectivity index (χ4n) is 3.52. The van der Waals surface area contributed by atoms with Gasteiger partial charge in [0.2, 0.25) is 10.0 Å². The van der Waals surface area contributed by atoms with E-state index in [0.717, 1.165) is 16.3 Å². The molecule has 4 aromatic carbocycles. The van der Waals surface area contributed by atoms with Gasteiger partial charge in [-0.2, -0.15) is 5.26 Å². The topological polar surface area (TPSA) is 122 Å². The molecule has 174 valence electrons. The van der Waals surface area contributed by atoms with Gasteiger partial charge in [-0.1, -0.05) is 54.6 Å². The first kappa shape index (κ1) is 23.7. The molecule has 0 aliphatic rings. The van der Waals surface area contributed by atoms with Gasteiger partial charge >= 0.3 is 0 Å². The van der Waals surface area contributed by atoms with Crippen LogP contribution in [0.1, 0.15) is 11.1 Å². The Morgan fingerprint density at radius 3 is 2.43 bits per heavy atom. The summed E-state index contributed by atoms with van der Waals surface area (Å²) in [4.78, 5) is 12.5. The van der Waals surface area contributed by atoms with E-state index >= 15 is 0 Å². The Balaban J connectivity index is 1.47. The van der Waals surface area contributed by atoms with Gasteiger partial charge in [0.1, 0.15) is 24.0 Å². The lowest BCUT2D eigenvalue weighted by Gasteiger charge is -2.10. The molecular weight excluding hydrogens is 462 g/mol. The van der Waals surface area contributed by atoms with Crippen LogP contribution in [0.25, 0.3) is 16.8 Å². The summed E-state index contributed by atoms with van der Waals surface area (Å²) < 4.78 is 28.7. The van der Waals surface area contributed by atoms with Crippen molar-refractivity contribution >= 4 is 38.5 Å². The van der Waals surface area contributed by atoms with Crippen molar-refractivity contribution in [3.8, 4) is 11.8 Å². The number of amides is 1. The largest absolute Gasteiger partial charge is 0.489 e. The van der Waals surface area contributed by atoms with Crippen molar-refractivity contribution in [2.24, 2.45) is 5.14 Å². The molecule has 0 heterocycles. The van der Waals surface area contributed by atoms with Gasteiger partial charge in [-0.15, -0.1) is 0 Å². The number of rotatable bonds is 7. The highest BCUT2D eigenvalue weighted by atomic mass is 32.2. The summed E-state index contributed by atoms with van der Waals surface area (Å²) in [6.07, 6.45) is 1.46. The van der Waals surface area contributed by atoms with E-state index in [1.807, 2.05) is 54.6 Å². The summed E-state index contributed by atoms with van der Waals surface area (Å²) >= 11 is 0. The summed E-state index contributed by atoms with van der Waals surface area (Å²) in [6, 6.07) is 28.5. The predicted octanol–water partition coefficient (Wildman–Crippen LogP) is 4.61. The number of carbonyl (C=O) groups excluding carboxylic acids is 1. The zero-order valence-electron chi connectivity index (χ0n) is 18.5. The van der Waals surface area contributed by atoms with Crippen molar-refractivity contribution < 1.29 is 17.9 Å². The number of primary sulfonamides is 1. The van der Waals surface area contributed by atoms with Crippen LogP contribution in [0.4, 0.5) is 5.69 Å². The van der Waals surface area contributed by atoms with Crippen LogP contribution in [-0.2, 0) is 21.4 Å². The molecule has 0 aliphatic heterocycles. The van der Waals surface area contributed by atoms with Crippen LogP contribution in [-0.4, -0.2) is 14.3 Å². The Bertz CT molecular complexity index is 1570. The Hall–Kier alpha value is -4.45. The van der Waals surface area contributed by atoms with Gasteiger partial charge in [0.25, 0.3) is 5.91 Å². The van der Waals surface area contributed by atoms with Crippen molar-refractivity contribution in [3.63, 3.8) is 0 Å². The maximum absolute atomic E-state index is 12.6. The van der Waals surface area contributed by atoms with Crippen molar-refractivity contribution in [1.82, 2.24) is 0 Å². The first-order valence-electron chi connectivity index (χ1n) is 10.6. The first-order chi connectivity index (χ1) is 16.8. The molecule has 0 radical (unpaired) electrons. The molecule has 0 unspecified atom stereocenters. The molecule has 3 N–H and O–H groups in total. The molecule has 8 heteroatoms. The number of hydrogen-bond donors (Lipinski definition) is 2. The standard InChI is InChI=1S/C27H21N3O4S/c28-17-22(27(31)30-23-11-13-25(14-12-23)35(29,32)33)15-19-5-3-9-24(16-19)34-18-21-8-4-7-20-6-1-2-10-26(20)21/h1-16H,18H2,(H,30,31)(H2,29,32,33). The molecule has 0 saturated heterocycles. The van der Waals surface area contributed by atoms with Crippen LogP contribution in [0.5, 0.6) is 5.75 Å². The molecule has 4 aromatic rings. The van der Waals surface area contributed by atoms with Gasteiger partial charge < -0.3 is 10.1 Å². The molecule has 0 aliphatic carbocycles. The predicted molar refractivity (Wildman–Crippen MR) is 135 cm³/mol. The van der Waals surface area contributed by atoms with Crippen LogP contribution in [0.2, 0.25) is 0 Å². The summed E-state index contributed by atoms with van der Waals surface area (Å²) in [5.41, 5.74) is 1.88. The van der Waals surface area contributed by atoms with E-state index in [1.165, 1.54) is 30.3 Å².